The van der Waals surface area contributed by atoms with Crippen molar-refractivity contribution < 1.29 is 4.79 Å². The zero-order valence-corrected chi connectivity index (χ0v) is 13.4. The molecule has 2 aliphatic rings. The van der Waals surface area contributed by atoms with Crippen LogP contribution < -0.4 is 15.5 Å². The molecule has 0 aromatic heterocycles. The fourth-order valence-electron chi connectivity index (χ4n) is 3.39. The van der Waals surface area contributed by atoms with Gasteiger partial charge in [0.15, 0.2) is 0 Å². The number of carbonyl (C=O) groups excluding carboxylic acids is 1. The third kappa shape index (κ3) is 3.19. The zero-order valence-electron chi connectivity index (χ0n) is 13.4. The third-order valence-electron chi connectivity index (χ3n) is 4.81. The molecule has 2 fully saturated rings. The van der Waals surface area contributed by atoms with Crippen LogP contribution in [-0.2, 0) is 0 Å². The van der Waals surface area contributed by atoms with Gasteiger partial charge in [0.2, 0.25) is 0 Å². The summed E-state index contributed by atoms with van der Waals surface area (Å²) in [5, 5.41) is 0. The van der Waals surface area contributed by atoms with Crippen LogP contribution in [0.5, 0.6) is 0 Å². The number of hydrogen-bond donors (Lipinski definition) is 1. The van der Waals surface area contributed by atoms with Gasteiger partial charge < -0.3 is 20.4 Å². The molecule has 0 radical (unpaired) electrons. The Kier molecular flexibility index (Phi) is 4.52. The van der Waals surface area contributed by atoms with Gasteiger partial charge in [0.1, 0.15) is 0 Å². The Labute approximate surface area is 132 Å². The molecule has 22 heavy (non-hydrogen) atoms. The average molecular weight is 302 g/mol. The summed E-state index contributed by atoms with van der Waals surface area (Å²) in [6.07, 6.45) is 3.66. The van der Waals surface area contributed by atoms with Crippen LogP contribution in [0.15, 0.2) is 18.2 Å². The fourth-order valence-corrected chi connectivity index (χ4v) is 3.39. The van der Waals surface area contributed by atoms with Gasteiger partial charge in [-0.05, 0) is 44.5 Å². The van der Waals surface area contributed by atoms with Crippen LogP contribution in [0, 0.1) is 0 Å². The Morgan fingerprint density at radius 2 is 1.64 bits per heavy atom. The van der Waals surface area contributed by atoms with Crippen LogP contribution in [0.4, 0.5) is 11.4 Å². The number of primary amides is 1. The standard InChI is InChI=1S/C17H26N4O/c1-19-9-11-20(12-10-19)14-5-6-15(17(18)22)16(13-14)21-7-3-2-4-8-21/h5-6,13H,2-4,7-12H2,1H3,(H2,18,22). The van der Waals surface area contributed by atoms with Crippen LogP contribution in [0.25, 0.3) is 0 Å². The average Bonchev–Trinajstić information content (AvgIpc) is 2.56. The highest BCUT2D eigenvalue weighted by Crippen LogP contribution is 2.29. The zero-order chi connectivity index (χ0) is 15.5. The van der Waals surface area contributed by atoms with E-state index in [9.17, 15) is 4.79 Å². The number of rotatable bonds is 3. The molecule has 120 valence electrons. The molecule has 0 spiro atoms. The minimum Gasteiger partial charge on any atom is -0.371 e. The predicted octanol–water partition coefficient (Wildman–Crippen LogP) is 1.53. The van der Waals surface area contributed by atoms with Crippen LogP contribution in [0.3, 0.4) is 0 Å². The van der Waals surface area contributed by atoms with E-state index in [0.717, 1.165) is 45.0 Å². The molecule has 5 nitrogen and oxygen atoms in total. The van der Waals surface area contributed by atoms with Crippen molar-refractivity contribution in [1.29, 1.82) is 0 Å². The lowest BCUT2D eigenvalue weighted by Gasteiger charge is -2.36. The monoisotopic (exact) mass is 302 g/mol. The second kappa shape index (κ2) is 6.57. The minimum absolute atomic E-state index is 0.328. The molecule has 3 rings (SSSR count). The highest BCUT2D eigenvalue weighted by atomic mass is 16.1. The summed E-state index contributed by atoms with van der Waals surface area (Å²) in [5.74, 6) is -0.328. The Hall–Kier alpha value is -1.75. The molecule has 0 bridgehead atoms. The largest absolute Gasteiger partial charge is 0.371 e. The van der Waals surface area contributed by atoms with Gasteiger partial charge in [0.05, 0.1) is 11.3 Å². The number of hydrogen-bond acceptors (Lipinski definition) is 4. The van der Waals surface area contributed by atoms with Crippen molar-refractivity contribution in [3.8, 4) is 0 Å². The first-order valence-electron chi connectivity index (χ1n) is 8.27. The van der Waals surface area contributed by atoms with Crippen molar-refractivity contribution in [1.82, 2.24) is 4.90 Å². The van der Waals surface area contributed by atoms with E-state index >= 15 is 0 Å². The molecule has 2 aliphatic heterocycles. The van der Waals surface area contributed by atoms with Crippen molar-refractivity contribution in [2.75, 3.05) is 56.1 Å². The predicted molar refractivity (Wildman–Crippen MR) is 90.7 cm³/mol. The number of piperidine rings is 1. The fraction of sp³-hybridized carbons (Fsp3) is 0.588. The van der Waals surface area contributed by atoms with Gasteiger partial charge in [-0.3, -0.25) is 4.79 Å². The maximum Gasteiger partial charge on any atom is 0.250 e. The van der Waals surface area contributed by atoms with Crippen LogP contribution in [0.2, 0.25) is 0 Å². The number of anilines is 2. The van der Waals surface area contributed by atoms with E-state index in [1.807, 2.05) is 12.1 Å². The summed E-state index contributed by atoms with van der Waals surface area (Å²) in [5.41, 5.74) is 8.46. The number of carbonyl (C=O) groups is 1. The van der Waals surface area contributed by atoms with Crippen molar-refractivity contribution in [3.63, 3.8) is 0 Å². The molecule has 2 N–H and O–H groups in total. The number of amides is 1. The van der Waals surface area contributed by atoms with E-state index < -0.39 is 0 Å². The van der Waals surface area contributed by atoms with Gasteiger partial charge in [-0.15, -0.1) is 0 Å². The quantitative estimate of drug-likeness (QED) is 0.920. The summed E-state index contributed by atoms with van der Waals surface area (Å²) in [6.45, 7) is 6.27. The molecule has 5 heteroatoms. The van der Waals surface area contributed by atoms with E-state index in [4.69, 9.17) is 5.73 Å². The first-order chi connectivity index (χ1) is 10.6. The van der Waals surface area contributed by atoms with Gasteiger partial charge in [-0.2, -0.15) is 0 Å². The number of nitrogens with two attached hydrogens (primary N) is 1. The highest BCUT2D eigenvalue weighted by Gasteiger charge is 2.20. The van der Waals surface area contributed by atoms with Gasteiger partial charge in [0, 0.05) is 45.0 Å². The Morgan fingerprint density at radius 1 is 0.955 bits per heavy atom. The number of nitrogens with zero attached hydrogens (tertiary/aromatic N) is 3. The van der Waals surface area contributed by atoms with Gasteiger partial charge in [0.25, 0.3) is 5.91 Å². The highest BCUT2D eigenvalue weighted by molar-refractivity contribution is 5.99. The van der Waals surface area contributed by atoms with Crippen molar-refractivity contribution in [3.05, 3.63) is 23.8 Å². The molecule has 1 aromatic carbocycles. The molecule has 1 amide bonds. The smallest absolute Gasteiger partial charge is 0.250 e. The number of piperazine rings is 1. The van der Waals surface area contributed by atoms with Crippen LogP contribution in [0.1, 0.15) is 29.6 Å². The molecule has 0 unspecified atom stereocenters. The first-order valence-corrected chi connectivity index (χ1v) is 8.27. The second-order valence-electron chi connectivity index (χ2n) is 6.40. The second-order valence-corrected chi connectivity index (χ2v) is 6.40. The molecule has 0 saturated carbocycles. The van der Waals surface area contributed by atoms with E-state index in [-0.39, 0.29) is 5.91 Å². The summed E-state index contributed by atoms with van der Waals surface area (Å²) < 4.78 is 0. The summed E-state index contributed by atoms with van der Waals surface area (Å²) >= 11 is 0. The third-order valence-corrected chi connectivity index (χ3v) is 4.81. The van der Waals surface area contributed by atoms with Gasteiger partial charge >= 0.3 is 0 Å². The van der Waals surface area contributed by atoms with Crippen molar-refractivity contribution in [2.45, 2.75) is 19.3 Å². The van der Waals surface area contributed by atoms with E-state index in [1.165, 1.54) is 24.9 Å². The Morgan fingerprint density at radius 3 is 2.27 bits per heavy atom. The molecule has 0 atom stereocenters. The molecular formula is C17H26N4O. The summed E-state index contributed by atoms with van der Waals surface area (Å²) in [7, 11) is 2.16. The van der Waals surface area contributed by atoms with Crippen molar-refractivity contribution >= 4 is 17.3 Å². The lowest BCUT2D eigenvalue weighted by Crippen LogP contribution is -2.44. The lowest BCUT2D eigenvalue weighted by atomic mass is 10.1. The molecule has 2 saturated heterocycles. The van der Waals surface area contributed by atoms with Gasteiger partial charge in [-0.1, -0.05) is 0 Å². The maximum atomic E-state index is 11.8. The van der Waals surface area contributed by atoms with Gasteiger partial charge in [-0.25, -0.2) is 0 Å². The summed E-state index contributed by atoms with van der Waals surface area (Å²) in [4.78, 5) is 18.8. The minimum atomic E-state index is -0.328. The van der Waals surface area contributed by atoms with E-state index in [0.29, 0.717) is 5.56 Å². The maximum absolute atomic E-state index is 11.8. The lowest BCUT2D eigenvalue weighted by molar-refractivity contribution is 0.100. The van der Waals surface area contributed by atoms with E-state index in [2.05, 4.69) is 27.8 Å². The number of benzene rings is 1. The van der Waals surface area contributed by atoms with Crippen LogP contribution in [-0.4, -0.2) is 57.1 Å². The normalized spacial score (nSPS) is 20.2. The Bertz CT molecular complexity index is 531. The molecular weight excluding hydrogens is 276 g/mol. The Balaban J connectivity index is 1.87. The molecule has 2 heterocycles. The SMILES string of the molecule is CN1CCN(c2ccc(C(N)=O)c(N3CCCCC3)c2)CC1. The molecule has 0 aliphatic carbocycles. The first kappa shape index (κ1) is 15.2. The van der Waals surface area contributed by atoms with Crippen LogP contribution >= 0.6 is 0 Å². The summed E-state index contributed by atoms with van der Waals surface area (Å²) in [6, 6.07) is 6.11. The topological polar surface area (TPSA) is 52.8 Å². The van der Waals surface area contributed by atoms with Crippen molar-refractivity contribution in [2.24, 2.45) is 5.73 Å². The number of likely N-dealkylation sites (N-methyl/N-ethyl adjacent to an activating group) is 1. The molecule has 1 aromatic rings. The van der Waals surface area contributed by atoms with E-state index in [1.54, 1.807) is 0 Å².